The number of anilines is 2. The molecule has 2 aromatic rings. The molecule has 10 heteroatoms. The number of hydrogen-bond donors (Lipinski definition) is 2. The molecule has 1 saturated heterocycles. The second-order valence-corrected chi connectivity index (χ2v) is 10.7. The molecule has 0 aliphatic carbocycles. The van der Waals surface area contributed by atoms with Crippen molar-refractivity contribution in [2.45, 2.75) is 43.9 Å². The molecule has 0 unspecified atom stereocenters. The number of carboxylic acid groups (broad SMARTS) is 1. The van der Waals surface area contributed by atoms with Gasteiger partial charge in [0.1, 0.15) is 11.6 Å². The molecule has 0 spiro atoms. The van der Waals surface area contributed by atoms with E-state index in [2.05, 4.69) is 10.2 Å². The number of hydrogen-bond acceptors (Lipinski definition) is 7. The van der Waals surface area contributed by atoms with Crippen LogP contribution >= 0.6 is 11.8 Å². The average molecular weight is 514 g/mol. The SMILES string of the molecule is CC(C)(C)OC(=O)N[C@H]1CSc2ccc(C(=O)O)cc2N(Cc2ccc(N3CCOCC3)cc2)C1=O. The summed E-state index contributed by atoms with van der Waals surface area (Å²) in [6.07, 6.45) is -0.673. The van der Waals surface area contributed by atoms with Crippen LogP contribution in [0.4, 0.5) is 16.2 Å². The number of carboxylic acids is 1. The van der Waals surface area contributed by atoms with Gasteiger partial charge in [-0.2, -0.15) is 0 Å². The lowest BCUT2D eigenvalue weighted by Gasteiger charge is -2.29. The Morgan fingerprint density at radius 1 is 1.14 bits per heavy atom. The largest absolute Gasteiger partial charge is 0.478 e. The molecular weight excluding hydrogens is 482 g/mol. The van der Waals surface area contributed by atoms with Crippen LogP contribution in [0.1, 0.15) is 36.7 Å². The molecule has 2 N–H and O–H groups in total. The highest BCUT2D eigenvalue weighted by molar-refractivity contribution is 7.99. The van der Waals surface area contributed by atoms with Gasteiger partial charge >= 0.3 is 12.1 Å². The molecule has 36 heavy (non-hydrogen) atoms. The Morgan fingerprint density at radius 3 is 2.47 bits per heavy atom. The van der Waals surface area contributed by atoms with Crippen LogP contribution in [0.25, 0.3) is 0 Å². The molecule has 2 aliphatic rings. The van der Waals surface area contributed by atoms with E-state index in [1.807, 2.05) is 24.3 Å². The van der Waals surface area contributed by atoms with Gasteiger partial charge in [0, 0.05) is 29.4 Å². The molecule has 1 atom stereocenters. The van der Waals surface area contributed by atoms with E-state index in [1.165, 1.54) is 23.9 Å². The number of thioether (sulfide) groups is 1. The first kappa shape index (κ1) is 25.8. The monoisotopic (exact) mass is 513 g/mol. The summed E-state index contributed by atoms with van der Waals surface area (Å²) in [6, 6.07) is 11.9. The first-order valence-electron chi connectivity index (χ1n) is 11.8. The maximum atomic E-state index is 13.7. The number of fused-ring (bicyclic) bond motifs is 1. The minimum absolute atomic E-state index is 0.0911. The summed E-state index contributed by atoms with van der Waals surface area (Å²) in [5, 5.41) is 12.2. The fraction of sp³-hybridized carbons (Fsp3) is 0.423. The lowest BCUT2D eigenvalue weighted by molar-refractivity contribution is -0.120. The van der Waals surface area contributed by atoms with Gasteiger partial charge in [-0.1, -0.05) is 12.1 Å². The third-order valence-corrected chi connectivity index (χ3v) is 6.97. The summed E-state index contributed by atoms with van der Waals surface area (Å²) in [4.78, 5) is 42.3. The maximum Gasteiger partial charge on any atom is 0.408 e. The van der Waals surface area contributed by atoms with Gasteiger partial charge < -0.3 is 29.7 Å². The molecule has 192 valence electrons. The van der Waals surface area contributed by atoms with Gasteiger partial charge in [-0.25, -0.2) is 9.59 Å². The number of morpholine rings is 1. The lowest BCUT2D eigenvalue weighted by Crippen LogP contribution is -2.50. The molecule has 0 aromatic heterocycles. The number of nitrogens with zero attached hydrogens (tertiary/aromatic N) is 2. The summed E-state index contributed by atoms with van der Waals surface area (Å²) in [5.74, 6) is -1.10. The average Bonchev–Trinajstić information content (AvgIpc) is 2.96. The van der Waals surface area contributed by atoms with Crippen molar-refractivity contribution in [2.75, 3.05) is 41.9 Å². The zero-order valence-electron chi connectivity index (χ0n) is 20.7. The van der Waals surface area contributed by atoms with E-state index in [4.69, 9.17) is 9.47 Å². The van der Waals surface area contributed by atoms with E-state index in [1.54, 1.807) is 31.7 Å². The van der Waals surface area contributed by atoms with Crippen molar-refractivity contribution in [3.8, 4) is 0 Å². The van der Waals surface area contributed by atoms with Crippen LogP contribution in [0, 0.1) is 0 Å². The van der Waals surface area contributed by atoms with E-state index in [-0.39, 0.29) is 18.0 Å². The Morgan fingerprint density at radius 2 is 1.83 bits per heavy atom. The highest BCUT2D eigenvalue weighted by atomic mass is 32.2. The van der Waals surface area contributed by atoms with E-state index < -0.39 is 23.7 Å². The molecule has 4 rings (SSSR count). The number of benzene rings is 2. The molecule has 2 amide bonds. The van der Waals surface area contributed by atoms with E-state index in [9.17, 15) is 19.5 Å². The van der Waals surface area contributed by atoms with Crippen LogP contribution < -0.4 is 15.1 Å². The predicted molar refractivity (Wildman–Crippen MR) is 138 cm³/mol. The normalized spacial score (nSPS) is 18.3. The summed E-state index contributed by atoms with van der Waals surface area (Å²) in [6.45, 7) is 8.53. The van der Waals surface area contributed by atoms with Crippen molar-refractivity contribution in [1.29, 1.82) is 0 Å². The van der Waals surface area contributed by atoms with Gasteiger partial charge in [0.2, 0.25) is 0 Å². The smallest absolute Gasteiger partial charge is 0.408 e. The van der Waals surface area contributed by atoms with Crippen LogP contribution in [-0.2, 0) is 20.8 Å². The van der Waals surface area contributed by atoms with Crippen LogP contribution in [0.15, 0.2) is 47.4 Å². The zero-order chi connectivity index (χ0) is 25.9. The molecule has 0 bridgehead atoms. The topological polar surface area (TPSA) is 108 Å². The minimum atomic E-state index is -1.07. The van der Waals surface area contributed by atoms with Gasteiger partial charge in [-0.15, -0.1) is 11.8 Å². The summed E-state index contributed by atoms with van der Waals surface area (Å²) in [7, 11) is 0. The van der Waals surface area contributed by atoms with E-state index >= 15 is 0 Å². The Labute approximate surface area is 214 Å². The molecule has 0 radical (unpaired) electrons. The molecule has 1 fully saturated rings. The predicted octanol–water partition coefficient (Wildman–Crippen LogP) is 3.75. The summed E-state index contributed by atoms with van der Waals surface area (Å²) < 4.78 is 10.8. The number of alkyl carbamates (subject to hydrolysis) is 1. The van der Waals surface area contributed by atoms with Gasteiger partial charge in [0.25, 0.3) is 5.91 Å². The maximum absolute atomic E-state index is 13.7. The fourth-order valence-electron chi connectivity index (χ4n) is 4.07. The number of amides is 2. The number of rotatable bonds is 5. The Kier molecular flexibility index (Phi) is 7.75. The van der Waals surface area contributed by atoms with Crippen LogP contribution in [0.2, 0.25) is 0 Å². The minimum Gasteiger partial charge on any atom is -0.478 e. The second-order valence-electron chi connectivity index (χ2n) is 9.69. The zero-order valence-corrected chi connectivity index (χ0v) is 21.5. The Bertz CT molecular complexity index is 1130. The summed E-state index contributed by atoms with van der Waals surface area (Å²) >= 11 is 1.39. The molecule has 0 saturated carbocycles. The van der Waals surface area contributed by atoms with Gasteiger partial charge in [0.05, 0.1) is 31.0 Å². The molecular formula is C26H31N3O6S. The van der Waals surface area contributed by atoms with Crippen molar-refractivity contribution in [1.82, 2.24) is 5.32 Å². The van der Waals surface area contributed by atoms with Crippen LogP contribution in [0.5, 0.6) is 0 Å². The van der Waals surface area contributed by atoms with Gasteiger partial charge in [0.15, 0.2) is 0 Å². The fourth-order valence-corrected chi connectivity index (χ4v) is 5.12. The molecule has 9 nitrogen and oxygen atoms in total. The lowest BCUT2D eigenvalue weighted by atomic mass is 10.1. The van der Waals surface area contributed by atoms with Gasteiger partial charge in [-0.3, -0.25) is 4.79 Å². The standard InChI is InChI=1S/C26H31N3O6S/c1-26(2,3)35-25(33)27-20-16-36-22-9-6-18(24(31)32)14-21(22)29(23(20)30)15-17-4-7-19(8-5-17)28-10-12-34-13-11-28/h4-9,14,20H,10-13,15-16H2,1-3H3,(H,27,33)(H,31,32)/t20-/m0/s1. The van der Waals surface area contributed by atoms with E-state index in [0.29, 0.717) is 24.7 Å². The van der Waals surface area contributed by atoms with Crippen LogP contribution in [0.3, 0.4) is 0 Å². The first-order valence-corrected chi connectivity index (χ1v) is 12.8. The third kappa shape index (κ3) is 6.30. The Hall–Kier alpha value is -3.24. The number of carbonyl (C=O) groups excluding carboxylic acids is 2. The van der Waals surface area contributed by atoms with Crippen molar-refractivity contribution < 1.29 is 29.0 Å². The van der Waals surface area contributed by atoms with Crippen molar-refractivity contribution in [3.63, 3.8) is 0 Å². The number of carbonyl (C=O) groups is 3. The van der Waals surface area contributed by atoms with Gasteiger partial charge in [-0.05, 0) is 56.7 Å². The highest BCUT2D eigenvalue weighted by Crippen LogP contribution is 2.36. The second kappa shape index (κ2) is 10.8. The Balaban J connectivity index is 1.61. The number of nitrogens with one attached hydrogen (secondary N) is 1. The number of ether oxygens (including phenoxy) is 2. The number of aromatic carboxylic acids is 1. The first-order chi connectivity index (χ1) is 17.1. The van der Waals surface area contributed by atoms with Crippen molar-refractivity contribution >= 4 is 41.1 Å². The summed E-state index contributed by atoms with van der Waals surface area (Å²) in [5.41, 5.74) is 1.86. The third-order valence-electron chi connectivity index (χ3n) is 5.81. The quantitative estimate of drug-likeness (QED) is 0.622. The van der Waals surface area contributed by atoms with E-state index in [0.717, 1.165) is 29.2 Å². The molecule has 2 aromatic carbocycles. The highest BCUT2D eigenvalue weighted by Gasteiger charge is 2.33. The molecule has 2 aliphatic heterocycles. The molecule has 2 heterocycles. The van der Waals surface area contributed by atoms with Crippen LogP contribution in [-0.4, -0.2) is 66.8 Å². The van der Waals surface area contributed by atoms with Crippen molar-refractivity contribution in [3.05, 3.63) is 53.6 Å². The van der Waals surface area contributed by atoms with Crippen molar-refractivity contribution in [2.24, 2.45) is 0 Å².